The highest BCUT2D eigenvalue weighted by Gasteiger charge is 2.29. The fourth-order valence-corrected chi connectivity index (χ4v) is 3.72. The van der Waals surface area contributed by atoms with E-state index in [1.807, 2.05) is 16.3 Å². The fourth-order valence-electron chi connectivity index (χ4n) is 2.86. The molecule has 142 valence electrons. The Balaban J connectivity index is 1.38. The van der Waals surface area contributed by atoms with Gasteiger partial charge < -0.3 is 14.5 Å². The Labute approximate surface area is 156 Å². The predicted octanol–water partition coefficient (Wildman–Crippen LogP) is 2.75. The van der Waals surface area contributed by atoms with E-state index in [4.69, 9.17) is 0 Å². The van der Waals surface area contributed by atoms with Crippen LogP contribution in [0.25, 0.3) is 10.2 Å². The van der Waals surface area contributed by atoms with Crippen LogP contribution in [0, 0.1) is 0 Å². The van der Waals surface area contributed by atoms with Crippen molar-refractivity contribution in [1.82, 2.24) is 20.2 Å². The molecule has 4 heterocycles. The van der Waals surface area contributed by atoms with Crippen molar-refractivity contribution in [3.8, 4) is 5.88 Å². The molecule has 0 atom stereocenters. The fraction of sp³-hybridized carbons (Fsp3) is 0.375. The number of aromatic nitrogens is 4. The second-order valence-corrected chi connectivity index (χ2v) is 6.86. The number of thiophene rings is 1. The van der Waals surface area contributed by atoms with Gasteiger partial charge in [-0.15, -0.1) is 21.5 Å². The first-order valence-electron chi connectivity index (χ1n) is 8.21. The summed E-state index contributed by atoms with van der Waals surface area (Å²) in [5.74, 6) is 1.39. The van der Waals surface area contributed by atoms with Gasteiger partial charge in [0, 0.05) is 32.2 Å². The SMILES string of the molecule is FC(F)(F)COc1ccc(N2CCN(c3ncnc4ccsc34)CC2)nn1. The maximum Gasteiger partial charge on any atom is 0.422 e. The molecular weight excluding hydrogens is 381 g/mol. The number of piperazine rings is 1. The Morgan fingerprint density at radius 2 is 1.78 bits per heavy atom. The summed E-state index contributed by atoms with van der Waals surface area (Å²) in [4.78, 5) is 12.9. The zero-order chi connectivity index (χ0) is 18.9. The first-order chi connectivity index (χ1) is 13.0. The summed E-state index contributed by atoms with van der Waals surface area (Å²) in [5.41, 5.74) is 0.938. The topological polar surface area (TPSA) is 67.3 Å². The van der Waals surface area contributed by atoms with Crippen molar-refractivity contribution in [2.75, 3.05) is 42.6 Å². The van der Waals surface area contributed by atoms with Crippen molar-refractivity contribution in [3.63, 3.8) is 0 Å². The molecule has 0 saturated carbocycles. The molecule has 1 saturated heterocycles. The van der Waals surface area contributed by atoms with Crippen molar-refractivity contribution in [3.05, 3.63) is 29.9 Å². The Hall–Kier alpha value is -2.69. The first kappa shape index (κ1) is 17.7. The van der Waals surface area contributed by atoms with Gasteiger partial charge in [0.1, 0.15) is 12.1 Å². The van der Waals surface area contributed by atoms with E-state index < -0.39 is 12.8 Å². The summed E-state index contributed by atoms with van der Waals surface area (Å²) in [6.07, 6.45) is -2.83. The highest BCUT2D eigenvalue weighted by Crippen LogP contribution is 2.29. The van der Waals surface area contributed by atoms with Crippen LogP contribution < -0.4 is 14.5 Å². The average molecular weight is 396 g/mol. The molecular formula is C16H15F3N6OS. The van der Waals surface area contributed by atoms with Gasteiger partial charge in [-0.25, -0.2) is 9.97 Å². The van der Waals surface area contributed by atoms with Crippen LogP contribution in [0.4, 0.5) is 24.8 Å². The van der Waals surface area contributed by atoms with Crippen molar-refractivity contribution in [1.29, 1.82) is 0 Å². The molecule has 1 aliphatic heterocycles. The van der Waals surface area contributed by atoms with E-state index in [1.165, 1.54) is 6.07 Å². The number of nitrogens with zero attached hydrogens (tertiary/aromatic N) is 6. The Kier molecular flexibility index (Phi) is 4.68. The lowest BCUT2D eigenvalue weighted by atomic mass is 10.3. The quantitative estimate of drug-likeness (QED) is 0.672. The summed E-state index contributed by atoms with van der Waals surface area (Å²) in [7, 11) is 0. The van der Waals surface area contributed by atoms with Crippen LogP contribution in [0.3, 0.4) is 0 Å². The average Bonchev–Trinajstić information content (AvgIpc) is 3.15. The van der Waals surface area contributed by atoms with E-state index in [0.717, 1.165) is 29.1 Å². The zero-order valence-electron chi connectivity index (χ0n) is 14.1. The minimum atomic E-state index is -4.40. The lowest BCUT2D eigenvalue weighted by Gasteiger charge is -2.35. The Morgan fingerprint density at radius 1 is 1.00 bits per heavy atom. The van der Waals surface area contributed by atoms with Gasteiger partial charge in [0.2, 0.25) is 5.88 Å². The third-order valence-corrected chi connectivity index (χ3v) is 5.04. The van der Waals surface area contributed by atoms with Gasteiger partial charge in [-0.1, -0.05) is 0 Å². The molecule has 3 aromatic rings. The van der Waals surface area contributed by atoms with Gasteiger partial charge in [0.05, 0.1) is 10.2 Å². The molecule has 3 aromatic heterocycles. The van der Waals surface area contributed by atoms with Crippen molar-refractivity contribution < 1.29 is 17.9 Å². The summed E-state index contributed by atoms with van der Waals surface area (Å²) in [6, 6.07) is 5.00. The lowest BCUT2D eigenvalue weighted by molar-refractivity contribution is -0.154. The Bertz CT molecular complexity index is 908. The number of anilines is 2. The van der Waals surface area contributed by atoms with Crippen LogP contribution in [0.1, 0.15) is 0 Å². The molecule has 4 rings (SSSR count). The third-order valence-electron chi connectivity index (χ3n) is 4.14. The van der Waals surface area contributed by atoms with E-state index in [-0.39, 0.29) is 5.88 Å². The van der Waals surface area contributed by atoms with E-state index >= 15 is 0 Å². The molecule has 0 N–H and O–H groups in total. The van der Waals surface area contributed by atoms with Crippen molar-refractivity contribution >= 4 is 33.2 Å². The third kappa shape index (κ3) is 4.02. The molecule has 0 bridgehead atoms. The normalized spacial score (nSPS) is 15.4. The summed E-state index contributed by atoms with van der Waals surface area (Å²) in [5, 5.41) is 9.70. The molecule has 0 aliphatic carbocycles. The molecule has 1 fully saturated rings. The molecule has 0 amide bonds. The zero-order valence-corrected chi connectivity index (χ0v) is 14.9. The highest BCUT2D eigenvalue weighted by molar-refractivity contribution is 7.17. The molecule has 27 heavy (non-hydrogen) atoms. The number of hydrogen-bond donors (Lipinski definition) is 0. The maximum atomic E-state index is 12.2. The van der Waals surface area contributed by atoms with Crippen molar-refractivity contribution in [2.24, 2.45) is 0 Å². The summed E-state index contributed by atoms with van der Waals surface area (Å²) >= 11 is 1.62. The lowest BCUT2D eigenvalue weighted by Crippen LogP contribution is -2.47. The number of alkyl halides is 3. The van der Waals surface area contributed by atoms with Gasteiger partial charge in [0.25, 0.3) is 0 Å². The number of ether oxygens (including phenoxy) is 1. The minimum absolute atomic E-state index is 0.143. The van der Waals surface area contributed by atoms with Gasteiger partial charge in [-0.05, 0) is 17.5 Å². The first-order valence-corrected chi connectivity index (χ1v) is 9.09. The van der Waals surface area contributed by atoms with E-state index in [2.05, 4.69) is 29.8 Å². The van der Waals surface area contributed by atoms with Gasteiger partial charge in [0.15, 0.2) is 12.4 Å². The van der Waals surface area contributed by atoms with Gasteiger partial charge >= 0.3 is 6.18 Å². The number of fused-ring (bicyclic) bond motifs is 1. The number of rotatable bonds is 4. The van der Waals surface area contributed by atoms with Crippen LogP contribution >= 0.6 is 11.3 Å². The van der Waals surface area contributed by atoms with Crippen LogP contribution in [0.2, 0.25) is 0 Å². The summed E-state index contributed by atoms with van der Waals surface area (Å²) in [6.45, 7) is 1.52. The smallest absolute Gasteiger partial charge is 0.422 e. The second-order valence-electron chi connectivity index (χ2n) is 5.94. The van der Waals surface area contributed by atoms with Crippen molar-refractivity contribution in [2.45, 2.75) is 6.18 Å². The maximum absolute atomic E-state index is 12.2. The molecule has 7 nitrogen and oxygen atoms in total. The minimum Gasteiger partial charge on any atom is -0.467 e. The van der Waals surface area contributed by atoms with Crippen LogP contribution in [0.15, 0.2) is 29.9 Å². The van der Waals surface area contributed by atoms with Crippen LogP contribution in [-0.4, -0.2) is 59.1 Å². The number of halogens is 3. The summed E-state index contributed by atoms with van der Waals surface area (Å²) < 4.78 is 42.2. The van der Waals surface area contributed by atoms with Gasteiger partial charge in [-0.3, -0.25) is 0 Å². The Morgan fingerprint density at radius 3 is 2.48 bits per heavy atom. The molecule has 0 radical (unpaired) electrons. The molecule has 0 unspecified atom stereocenters. The predicted molar refractivity (Wildman–Crippen MR) is 95.4 cm³/mol. The molecule has 11 heteroatoms. The monoisotopic (exact) mass is 396 g/mol. The highest BCUT2D eigenvalue weighted by atomic mass is 32.1. The van der Waals surface area contributed by atoms with E-state index in [9.17, 15) is 13.2 Å². The molecule has 0 spiro atoms. The van der Waals surface area contributed by atoms with E-state index in [0.29, 0.717) is 18.9 Å². The molecule has 1 aliphatic rings. The van der Waals surface area contributed by atoms with Crippen LogP contribution in [-0.2, 0) is 0 Å². The molecule has 0 aromatic carbocycles. The van der Waals surface area contributed by atoms with E-state index in [1.54, 1.807) is 23.7 Å². The second kappa shape index (κ2) is 7.14. The van der Waals surface area contributed by atoms with Crippen LogP contribution in [0.5, 0.6) is 5.88 Å². The van der Waals surface area contributed by atoms with Gasteiger partial charge in [-0.2, -0.15) is 13.2 Å². The largest absolute Gasteiger partial charge is 0.467 e. The number of hydrogen-bond acceptors (Lipinski definition) is 8. The standard InChI is InChI=1S/C16H15F3N6OS/c17-16(18,19)9-26-13-2-1-12(22-23-13)24-4-6-25(7-5-24)15-14-11(3-8-27-14)20-10-21-15/h1-3,8,10H,4-7,9H2.